The van der Waals surface area contributed by atoms with E-state index in [2.05, 4.69) is 32.5 Å². The molecule has 0 bridgehead atoms. The lowest BCUT2D eigenvalue weighted by atomic mass is 10.1. The number of carbonyl (C=O) groups excluding carboxylic acids is 2. The van der Waals surface area contributed by atoms with Gasteiger partial charge >= 0.3 is 0 Å². The van der Waals surface area contributed by atoms with Crippen molar-refractivity contribution >= 4 is 75.1 Å². The number of hydrogen-bond donors (Lipinski definition) is 1. The lowest BCUT2D eigenvalue weighted by Crippen LogP contribution is -2.54. The zero-order valence-electron chi connectivity index (χ0n) is 16.6. The number of carbonyl (C=O) groups is 2. The third-order valence-electron chi connectivity index (χ3n) is 5.04. The number of hydrogen-bond acceptors (Lipinski definition) is 3. The quantitative estimate of drug-likeness (QED) is 0.207. The highest BCUT2D eigenvalue weighted by molar-refractivity contribution is 14.1. The van der Waals surface area contributed by atoms with E-state index in [0.29, 0.717) is 10.7 Å². The molecule has 0 unspecified atom stereocenters. The van der Waals surface area contributed by atoms with Gasteiger partial charge in [-0.3, -0.25) is 19.8 Å². The van der Waals surface area contributed by atoms with E-state index >= 15 is 0 Å². The van der Waals surface area contributed by atoms with Crippen LogP contribution < -0.4 is 10.2 Å². The van der Waals surface area contributed by atoms with Gasteiger partial charge < -0.3 is 4.57 Å². The Bertz CT molecular complexity index is 1250. The van der Waals surface area contributed by atoms with E-state index < -0.39 is 11.8 Å². The molecule has 1 aromatic heterocycles. The normalized spacial score (nSPS) is 15.5. The predicted octanol–water partition coefficient (Wildman–Crippen LogP) is 5.18. The number of nitrogens with zero attached hydrogens (tertiary/aromatic N) is 2. The summed E-state index contributed by atoms with van der Waals surface area (Å²) in [7, 11) is 0. The molecular formula is C23H17ClIN3O2S. The largest absolute Gasteiger partial charge is 0.318 e. The van der Waals surface area contributed by atoms with Crippen LogP contribution in [0.15, 0.2) is 60.2 Å². The first-order chi connectivity index (χ1) is 14.8. The van der Waals surface area contributed by atoms with Crippen molar-refractivity contribution in [1.29, 1.82) is 0 Å². The molecule has 4 rings (SSSR count). The Morgan fingerprint density at radius 3 is 2.26 bits per heavy atom. The number of nitrogens with one attached hydrogen (secondary N) is 1. The summed E-state index contributed by atoms with van der Waals surface area (Å²) in [6.45, 7) is 3.95. The second-order valence-corrected chi connectivity index (χ2v) is 9.14. The minimum Gasteiger partial charge on any atom is -0.318 e. The number of thiocarbonyl (C=S) groups is 1. The molecule has 0 saturated carbocycles. The van der Waals surface area contributed by atoms with Crippen LogP contribution in [0.4, 0.5) is 5.69 Å². The summed E-state index contributed by atoms with van der Waals surface area (Å²) < 4.78 is 3.24. The highest BCUT2D eigenvalue weighted by atomic mass is 127. The Balaban J connectivity index is 1.75. The smallest absolute Gasteiger partial charge is 0.270 e. The molecule has 156 valence electrons. The monoisotopic (exact) mass is 561 g/mol. The summed E-state index contributed by atoms with van der Waals surface area (Å²) in [6.07, 6.45) is 1.62. The molecule has 0 atom stereocenters. The molecule has 5 nitrogen and oxygen atoms in total. The molecule has 31 heavy (non-hydrogen) atoms. The van der Waals surface area contributed by atoms with Gasteiger partial charge in [0.2, 0.25) is 0 Å². The Kier molecular flexibility index (Phi) is 6.00. The highest BCUT2D eigenvalue weighted by Crippen LogP contribution is 2.27. The Morgan fingerprint density at radius 2 is 1.61 bits per heavy atom. The first-order valence-corrected chi connectivity index (χ1v) is 11.2. The number of benzene rings is 2. The van der Waals surface area contributed by atoms with Gasteiger partial charge in [-0.15, -0.1) is 0 Å². The number of halogens is 2. The lowest BCUT2D eigenvalue weighted by Gasteiger charge is -2.28. The van der Waals surface area contributed by atoms with Crippen molar-refractivity contribution in [1.82, 2.24) is 9.88 Å². The SMILES string of the molecule is Cc1cc(/C=C2/C(=O)NC(=S)N(c3ccc(Cl)cc3)C2=O)c(C)n1-c1ccc(I)cc1. The van der Waals surface area contributed by atoms with E-state index in [1.165, 1.54) is 4.90 Å². The van der Waals surface area contributed by atoms with E-state index in [4.69, 9.17) is 23.8 Å². The minimum atomic E-state index is -0.515. The number of aromatic nitrogens is 1. The topological polar surface area (TPSA) is 54.3 Å². The van der Waals surface area contributed by atoms with Crippen LogP contribution in [-0.2, 0) is 9.59 Å². The summed E-state index contributed by atoms with van der Waals surface area (Å²) in [5.41, 5.74) is 4.29. The van der Waals surface area contributed by atoms with E-state index in [1.54, 1.807) is 30.3 Å². The first-order valence-electron chi connectivity index (χ1n) is 9.38. The van der Waals surface area contributed by atoms with Crippen molar-refractivity contribution in [2.75, 3.05) is 4.90 Å². The van der Waals surface area contributed by atoms with Gasteiger partial charge in [0, 0.05) is 25.7 Å². The maximum Gasteiger partial charge on any atom is 0.270 e. The van der Waals surface area contributed by atoms with Gasteiger partial charge in [0.15, 0.2) is 5.11 Å². The average Bonchev–Trinajstić information content (AvgIpc) is 3.00. The maximum absolute atomic E-state index is 13.2. The Labute approximate surface area is 203 Å². The van der Waals surface area contributed by atoms with Crippen LogP contribution in [0, 0.1) is 17.4 Å². The summed E-state index contributed by atoms with van der Waals surface area (Å²) in [4.78, 5) is 27.1. The third kappa shape index (κ3) is 4.17. The van der Waals surface area contributed by atoms with Crippen molar-refractivity contribution in [2.45, 2.75) is 13.8 Å². The summed E-state index contributed by atoms with van der Waals surface area (Å²) in [6, 6.07) is 16.8. The molecule has 1 aliphatic rings. The molecule has 2 heterocycles. The fourth-order valence-corrected chi connectivity index (χ4v) is 4.33. The molecule has 2 amide bonds. The zero-order valence-corrected chi connectivity index (χ0v) is 20.4. The minimum absolute atomic E-state index is 0.0198. The van der Waals surface area contributed by atoms with E-state index in [1.807, 2.05) is 44.2 Å². The van der Waals surface area contributed by atoms with Crippen molar-refractivity contribution in [3.8, 4) is 5.69 Å². The van der Waals surface area contributed by atoms with Crippen LogP contribution in [0.25, 0.3) is 11.8 Å². The fourth-order valence-electron chi connectivity index (χ4n) is 3.56. The van der Waals surface area contributed by atoms with Gasteiger partial charge in [0.25, 0.3) is 11.8 Å². The zero-order chi connectivity index (χ0) is 22.3. The summed E-state index contributed by atoms with van der Waals surface area (Å²) in [5, 5.41) is 3.19. The number of aryl methyl sites for hydroxylation is 1. The highest BCUT2D eigenvalue weighted by Gasteiger charge is 2.34. The van der Waals surface area contributed by atoms with Crippen LogP contribution in [0.3, 0.4) is 0 Å². The molecule has 8 heteroatoms. The standard InChI is InChI=1S/C23H17ClIN3O2S/c1-13-11-15(14(2)27(13)18-9-5-17(25)6-10-18)12-20-21(29)26-23(31)28(22(20)30)19-7-3-16(24)4-8-19/h3-12H,1-2H3,(H,26,29,31)/b20-12-. The molecule has 3 aromatic rings. The summed E-state index contributed by atoms with van der Waals surface area (Å²) in [5.74, 6) is -0.991. The second-order valence-electron chi connectivity index (χ2n) is 7.07. The van der Waals surface area contributed by atoms with Crippen LogP contribution in [0.5, 0.6) is 0 Å². The fraction of sp³-hybridized carbons (Fsp3) is 0.0870. The number of rotatable bonds is 3. The van der Waals surface area contributed by atoms with Gasteiger partial charge in [-0.05, 0) is 115 Å². The van der Waals surface area contributed by atoms with E-state index in [0.717, 1.165) is 26.2 Å². The molecule has 0 aliphatic carbocycles. The van der Waals surface area contributed by atoms with Crippen molar-refractivity contribution < 1.29 is 9.59 Å². The maximum atomic E-state index is 13.2. The van der Waals surface area contributed by atoms with Crippen molar-refractivity contribution in [2.24, 2.45) is 0 Å². The predicted molar refractivity (Wildman–Crippen MR) is 136 cm³/mol. The molecule has 1 N–H and O–H groups in total. The van der Waals surface area contributed by atoms with Crippen LogP contribution in [0.1, 0.15) is 17.0 Å². The molecule has 1 saturated heterocycles. The summed E-state index contributed by atoms with van der Waals surface area (Å²) >= 11 is 13.5. The third-order valence-corrected chi connectivity index (χ3v) is 6.30. The molecule has 1 aliphatic heterocycles. The van der Waals surface area contributed by atoms with Crippen LogP contribution >= 0.6 is 46.4 Å². The van der Waals surface area contributed by atoms with Gasteiger partial charge in [-0.1, -0.05) is 11.6 Å². The average molecular weight is 562 g/mol. The van der Waals surface area contributed by atoms with E-state index in [9.17, 15) is 9.59 Å². The van der Waals surface area contributed by atoms with Crippen molar-refractivity contribution in [3.63, 3.8) is 0 Å². The van der Waals surface area contributed by atoms with Gasteiger partial charge in [0.1, 0.15) is 5.57 Å². The van der Waals surface area contributed by atoms with Crippen molar-refractivity contribution in [3.05, 3.63) is 85.7 Å². The Hall–Kier alpha value is -2.49. The second kappa shape index (κ2) is 8.57. The Morgan fingerprint density at radius 1 is 1.00 bits per heavy atom. The molecule has 1 fully saturated rings. The van der Waals surface area contributed by atoms with Crippen LogP contribution in [0.2, 0.25) is 5.02 Å². The lowest BCUT2D eigenvalue weighted by molar-refractivity contribution is -0.122. The number of anilines is 1. The van der Waals surface area contributed by atoms with Gasteiger partial charge in [0.05, 0.1) is 5.69 Å². The van der Waals surface area contributed by atoms with E-state index in [-0.39, 0.29) is 10.7 Å². The first kappa shape index (κ1) is 21.7. The number of amides is 2. The molecular weight excluding hydrogens is 545 g/mol. The molecule has 0 radical (unpaired) electrons. The van der Waals surface area contributed by atoms with Gasteiger partial charge in [-0.25, -0.2) is 0 Å². The van der Waals surface area contributed by atoms with Crippen LogP contribution in [-0.4, -0.2) is 21.5 Å². The molecule has 0 spiro atoms. The van der Waals surface area contributed by atoms with Gasteiger partial charge in [-0.2, -0.15) is 0 Å². The molecule has 2 aromatic carbocycles.